The van der Waals surface area contributed by atoms with Crippen LogP contribution in [0.25, 0.3) is 0 Å². The fraction of sp³-hybridized carbons (Fsp3) is 0.231. The highest BCUT2D eigenvalue weighted by atomic mass is 79.9. The second kappa shape index (κ2) is 4.94. The van der Waals surface area contributed by atoms with Crippen LogP contribution in [-0.2, 0) is 0 Å². The molecule has 0 bridgehead atoms. The van der Waals surface area contributed by atoms with E-state index in [1.54, 1.807) is 6.20 Å². The van der Waals surface area contributed by atoms with Gasteiger partial charge >= 0.3 is 0 Å². The van der Waals surface area contributed by atoms with Gasteiger partial charge in [0.2, 0.25) is 5.95 Å². The summed E-state index contributed by atoms with van der Waals surface area (Å²) in [5.41, 5.74) is 9.91. The lowest BCUT2D eigenvalue weighted by atomic mass is 10.1. The number of aryl methyl sites for hydroxylation is 3. The average Bonchev–Trinajstić information content (AvgIpc) is 2.31. The number of benzene rings is 1. The van der Waals surface area contributed by atoms with Gasteiger partial charge in [-0.2, -0.15) is 4.98 Å². The predicted molar refractivity (Wildman–Crippen MR) is 78.1 cm³/mol. The zero-order valence-corrected chi connectivity index (χ0v) is 12.2. The molecule has 1 heterocycles. The van der Waals surface area contributed by atoms with Crippen molar-refractivity contribution in [3.63, 3.8) is 0 Å². The summed E-state index contributed by atoms with van der Waals surface area (Å²) in [6.45, 7) is 6.06. The van der Waals surface area contributed by atoms with Crippen LogP contribution >= 0.6 is 15.9 Å². The van der Waals surface area contributed by atoms with Crippen LogP contribution in [0.5, 0.6) is 0 Å². The Morgan fingerprint density at radius 3 is 2.33 bits per heavy atom. The van der Waals surface area contributed by atoms with Gasteiger partial charge in [-0.3, -0.25) is 0 Å². The molecule has 0 aliphatic rings. The molecule has 2 aromatic rings. The molecule has 0 amide bonds. The van der Waals surface area contributed by atoms with E-state index in [4.69, 9.17) is 5.73 Å². The Morgan fingerprint density at radius 1 is 1.11 bits per heavy atom. The van der Waals surface area contributed by atoms with Crippen LogP contribution in [0.4, 0.5) is 17.5 Å². The molecule has 2 rings (SSSR count). The lowest BCUT2D eigenvalue weighted by molar-refractivity contribution is 1.14. The molecule has 0 saturated carbocycles. The molecule has 1 aromatic heterocycles. The van der Waals surface area contributed by atoms with E-state index >= 15 is 0 Å². The van der Waals surface area contributed by atoms with Gasteiger partial charge in [0.15, 0.2) is 0 Å². The Labute approximate surface area is 115 Å². The highest BCUT2D eigenvalue weighted by molar-refractivity contribution is 9.10. The SMILES string of the molecule is Cc1cnc(N)nc1Nc1cc(C)c(Br)c(C)c1. The minimum atomic E-state index is 0.272. The molecular weight excluding hydrogens is 292 g/mol. The molecule has 0 fully saturated rings. The highest BCUT2D eigenvalue weighted by Gasteiger charge is 2.06. The summed E-state index contributed by atoms with van der Waals surface area (Å²) < 4.78 is 1.13. The predicted octanol–water partition coefficient (Wildman–Crippen LogP) is 3.49. The topological polar surface area (TPSA) is 63.8 Å². The smallest absolute Gasteiger partial charge is 0.221 e. The van der Waals surface area contributed by atoms with Crippen LogP contribution in [-0.4, -0.2) is 9.97 Å². The lowest BCUT2D eigenvalue weighted by Crippen LogP contribution is -2.02. The third-order valence-corrected chi connectivity index (χ3v) is 3.94. The number of nitrogens with one attached hydrogen (secondary N) is 1. The van der Waals surface area contributed by atoms with Gasteiger partial charge in [-0.05, 0) is 44.0 Å². The molecule has 0 radical (unpaired) electrons. The zero-order chi connectivity index (χ0) is 13.3. The molecule has 5 heteroatoms. The number of hydrogen-bond acceptors (Lipinski definition) is 4. The minimum Gasteiger partial charge on any atom is -0.368 e. The first-order valence-electron chi connectivity index (χ1n) is 5.60. The molecule has 0 spiro atoms. The molecule has 0 unspecified atom stereocenters. The van der Waals surface area contributed by atoms with Gasteiger partial charge in [-0.15, -0.1) is 0 Å². The summed E-state index contributed by atoms with van der Waals surface area (Å²) >= 11 is 3.55. The monoisotopic (exact) mass is 306 g/mol. The molecule has 0 aliphatic carbocycles. The first-order chi connectivity index (χ1) is 8.47. The Hall–Kier alpha value is -1.62. The molecule has 0 atom stereocenters. The second-order valence-electron chi connectivity index (χ2n) is 4.31. The van der Waals surface area contributed by atoms with Gasteiger partial charge in [-0.25, -0.2) is 4.98 Å². The Bertz CT molecular complexity index is 573. The van der Waals surface area contributed by atoms with Gasteiger partial charge in [-0.1, -0.05) is 15.9 Å². The van der Waals surface area contributed by atoms with Crippen LogP contribution in [0.3, 0.4) is 0 Å². The van der Waals surface area contributed by atoms with Gasteiger partial charge < -0.3 is 11.1 Å². The normalized spacial score (nSPS) is 10.4. The molecule has 94 valence electrons. The summed E-state index contributed by atoms with van der Waals surface area (Å²) in [5.74, 6) is 1.01. The molecule has 18 heavy (non-hydrogen) atoms. The fourth-order valence-electron chi connectivity index (χ4n) is 1.74. The van der Waals surface area contributed by atoms with E-state index in [1.165, 1.54) is 11.1 Å². The molecule has 0 saturated heterocycles. The van der Waals surface area contributed by atoms with Crippen LogP contribution in [0.1, 0.15) is 16.7 Å². The number of anilines is 3. The maximum atomic E-state index is 5.60. The molecule has 3 N–H and O–H groups in total. The second-order valence-corrected chi connectivity index (χ2v) is 5.10. The quantitative estimate of drug-likeness (QED) is 0.891. The van der Waals surface area contributed by atoms with Crippen LogP contribution in [0, 0.1) is 20.8 Å². The number of aromatic nitrogens is 2. The van der Waals surface area contributed by atoms with Crippen molar-refractivity contribution in [2.24, 2.45) is 0 Å². The van der Waals surface area contributed by atoms with Crippen molar-refractivity contribution < 1.29 is 0 Å². The van der Waals surface area contributed by atoms with Crippen molar-refractivity contribution >= 4 is 33.4 Å². The van der Waals surface area contributed by atoms with Gasteiger partial charge in [0.1, 0.15) is 5.82 Å². The van der Waals surface area contributed by atoms with E-state index in [0.717, 1.165) is 21.5 Å². The summed E-state index contributed by atoms with van der Waals surface area (Å²) in [7, 11) is 0. The van der Waals surface area contributed by atoms with Crippen molar-refractivity contribution in [3.05, 3.63) is 39.5 Å². The summed E-state index contributed by atoms with van der Waals surface area (Å²) in [6.07, 6.45) is 1.71. The maximum Gasteiger partial charge on any atom is 0.221 e. The number of halogens is 1. The molecule has 1 aromatic carbocycles. The van der Waals surface area contributed by atoms with Gasteiger partial charge in [0, 0.05) is 21.9 Å². The van der Waals surface area contributed by atoms with Crippen molar-refractivity contribution in [2.75, 3.05) is 11.1 Å². The number of nitrogens with two attached hydrogens (primary N) is 1. The van der Waals surface area contributed by atoms with Gasteiger partial charge in [0.25, 0.3) is 0 Å². The average molecular weight is 307 g/mol. The largest absolute Gasteiger partial charge is 0.368 e. The van der Waals surface area contributed by atoms with E-state index in [0.29, 0.717) is 0 Å². The van der Waals surface area contributed by atoms with Crippen molar-refractivity contribution in [1.82, 2.24) is 9.97 Å². The first kappa shape index (κ1) is 12.8. The fourth-order valence-corrected chi connectivity index (χ4v) is 1.97. The standard InChI is InChI=1S/C13H15BrN4/c1-7-4-10(5-8(2)11(7)14)17-12-9(3)6-16-13(15)18-12/h4-6H,1-3H3,(H3,15,16,17,18). The van der Waals surface area contributed by atoms with E-state index in [1.807, 2.05) is 6.92 Å². The molecular formula is C13H15BrN4. The number of hydrogen-bond donors (Lipinski definition) is 2. The van der Waals surface area contributed by atoms with Crippen molar-refractivity contribution in [1.29, 1.82) is 0 Å². The number of nitrogens with zero attached hydrogens (tertiary/aromatic N) is 2. The van der Waals surface area contributed by atoms with Crippen LogP contribution < -0.4 is 11.1 Å². The van der Waals surface area contributed by atoms with E-state index < -0.39 is 0 Å². The number of nitrogen functional groups attached to an aromatic ring is 1. The van der Waals surface area contributed by atoms with Crippen LogP contribution in [0.15, 0.2) is 22.8 Å². The van der Waals surface area contributed by atoms with E-state index in [-0.39, 0.29) is 5.95 Å². The van der Waals surface area contributed by atoms with E-state index in [2.05, 4.69) is 57.2 Å². The third-order valence-electron chi connectivity index (χ3n) is 2.69. The Morgan fingerprint density at radius 2 is 1.72 bits per heavy atom. The zero-order valence-electron chi connectivity index (χ0n) is 10.6. The molecule has 0 aliphatic heterocycles. The van der Waals surface area contributed by atoms with Crippen molar-refractivity contribution in [2.45, 2.75) is 20.8 Å². The molecule has 4 nitrogen and oxygen atoms in total. The van der Waals surface area contributed by atoms with Crippen molar-refractivity contribution in [3.8, 4) is 0 Å². The minimum absolute atomic E-state index is 0.272. The van der Waals surface area contributed by atoms with Gasteiger partial charge in [0.05, 0.1) is 0 Å². The summed E-state index contributed by atoms with van der Waals surface area (Å²) in [6, 6.07) is 4.13. The van der Waals surface area contributed by atoms with E-state index in [9.17, 15) is 0 Å². The maximum absolute atomic E-state index is 5.60. The first-order valence-corrected chi connectivity index (χ1v) is 6.39. The number of rotatable bonds is 2. The third kappa shape index (κ3) is 2.61. The highest BCUT2D eigenvalue weighted by Crippen LogP contribution is 2.27. The summed E-state index contributed by atoms with van der Waals surface area (Å²) in [5, 5.41) is 3.27. The summed E-state index contributed by atoms with van der Waals surface area (Å²) in [4.78, 5) is 8.14. The Kier molecular flexibility index (Phi) is 3.52. The Balaban J connectivity index is 2.37. The lowest BCUT2D eigenvalue weighted by Gasteiger charge is -2.11. The van der Waals surface area contributed by atoms with Crippen LogP contribution in [0.2, 0.25) is 0 Å².